The molecule has 12 heavy (non-hydrogen) atoms. The monoisotopic (exact) mass is 178 g/mol. The van der Waals surface area contributed by atoms with Gasteiger partial charge in [-0.15, -0.1) is 0 Å². The first-order valence-corrected chi connectivity index (χ1v) is 3.43. The van der Waals surface area contributed by atoms with E-state index in [0.717, 1.165) is 0 Å². The lowest BCUT2D eigenvalue weighted by Crippen LogP contribution is -1.74. The van der Waals surface area contributed by atoms with Crippen LogP contribution in [-0.4, -0.2) is 6.08 Å². The molecule has 58 valence electrons. The average Bonchev–Trinajstić information content (AvgIpc) is 2.05. The quantitative estimate of drug-likeness (QED) is 0.489. The summed E-state index contributed by atoms with van der Waals surface area (Å²) in [5.74, 6) is 0. The highest BCUT2D eigenvalue weighted by Gasteiger charge is 1.98. The van der Waals surface area contributed by atoms with E-state index in [9.17, 15) is 4.79 Å². The summed E-state index contributed by atoms with van der Waals surface area (Å²) in [7, 11) is 0. The van der Waals surface area contributed by atoms with E-state index in [1.54, 1.807) is 0 Å². The van der Waals surface area contributed by atoms with E-state index in [1.807, 2.05) is 6.07 Å². The fourth-order valence-electron chi connectivity index (χ4n) is 0.717. The third-order valence-corrected chi connectivity index (χ3v) is 1.56. The Morgan fingerprint density at radius 2 is 2.25 bits per heavy atom. The van der Waals surface area contributed by atoms with Crippen molar-refractivity contribution in [2.75, 3.05) is 0 Å². The van der Waals surface area contributed by atoms with Crippen molar-refractivity contribution in [3.05, 3.63) is 28.8 Å². The van der Waals surface area contributed by atoms with Crippen molar-refractivity contribution in [2.45, 2.75) is 0 Å². The van der Waals surface area contributed by atoms with Gasteiger partial charge in [-0.25, -0.2) is 4.79 Å². The standard InChI is InChI=1S/C8H3ClN2O/c9-8-3-7(11-5-12)2-1-6(8)4-10/h1-3H. The number of carbonyl (C=O) groups excluding carboxylic acids is 1. The van der Waals surface area contributed by atoms with E-state index in [1.165, 1.54) is 24.3 Å². The molecule has 0 aromatic heterocycles. The molecule has 3 nitrogen and oxygen atoms in total. The van der Waals surface area contributed by atoms with Gasteiger partial charge >= 0.3 is 0 Å². The summed E-state index contributed by atoms with van der Waals surface area (Å²) in [4.78, 5) is 13.2. The van der Waals surface area contributed by atoms with Gasteiger partial charge in [-0.2, -0.15) is 10.3 Å². The number of aliphatic imine (C=N–C) groups is 1. The van der Waals surface area contributed by atoms with Gasteiger partial charge in [0, 0.05) is 0 Å². The van der Waals surface area contributed by atoms with Crippen LogP contribution in [0.5, 0.6) is 0 Å². The minimum atomic E-state index is 0.286. The van der Waals surface area contributed by atoms with E-state index in [4.69, 9.17) is 16.9 Å². The summed E-state index contributed by atoms with van der Waals surface area (Å²) < 4.78 is 0. The van der Waals surface area contributed by atoms with Gasteiger partial charge in [0.1, 0.15) is 6.07 Å². The fourth-order valence-corrected chi connectivity index (χ4v) is 0.934. The van der Waals surface area contributed by atoms with Crippen molar-refractivity contribution < 1.29 is 4.79 Å². The normalized spacial score (nSPS) is 8.33. The molecule has 0 spiro atoms. The van der Waals surface area contributed by atoms with E-state index in [-0.39, 0.29) is 5.02 Å². The van der Waals surface area contributed by atoms with Crippen LogP contribution in [0.1, 0.15) is 5.56 Å². The number of isocyanates is 1. The highest BCUT2D eigenvalue weighted by molar-refractivity contribution is 6.32. The van der Waals surface area contributed by atoms with Gasteiger partial charge in [-0.05, 0) is 18.2 Å². The summed E-state index contributed by atoms with van der Waals surface area (Å²) >= 11 is 5.65. The van der Waals surface area contributed by atoms with Crippen LogP contribution < -0.4 is 0 Å². The number of hydrogen-bond donors (Lipinski definition) is 0. The zero-order valence-corrected chi connectivity index (χ0v) is 6.67. The zero-order valence-electron chi connectivity index (χ0n) is 5.91. The first kappa shape index (κ1) is 8.48. The molecule has 0 aliphatic carbocycles. The van der Waals surface area contributed by atoms with Crippen molar-refractivity contribution in [3.8, 4) is 6.07 Å². The number of hydrogen-bond acceptors (Lipinski definition) is 3. The Balaban J connectivity index is 3.20. The van der Waals surface area contributed by atoms with Crippen LogP contribution in [0.3, 0.4) is 0 Å². The second-order valence-corrected chi connectivity index (χ2v) is 2.39. The summed E-state index contributed by atoms with van der Waals surface area (Å²) in [5.41, 5.74) is 0.760. The van der Waals surface area contributed by atoms with E-state index >= 15 is 0 Å². The Labute approximate surface area is 73.9 Å². The molecule has 0 N–H and O–H groups in total. The summed E-state index contributed by atoms with van der Waals surface area (Å²) in [5, 5.41) is 8.78. The molecule has 4 heteroatoms. The molecule has 0 aliphatic rings. The minimum absolute atomic E-state index is 0.286. The second kappa shape index (κ2) is 3.68. The Hall–Kier alpha value is -1.62. The maximum absolute atomic E-state index is 9.84. The van der Waals surface area contributed by atoms with Crippen LogP contribution in [0.25, 0.3) is 0 Å². The smallest absolute Gasteiger partial charge is 0.211 e. The van der Waals surface area contributed by atoms with Gasteiger partial charge in [-0.1, -0.05) is 11.6 Å². The highest BCUT2D eigenvalue weighted by Crippen LogP contribution is 2.21. The predicted molar refractivity (Wildman–Crippen MR) is 43.9 cm³/mol. The lowest BCUT2D eigenvalue weighted by molar-refractivity contribution is 0.565. The molecule has 0 atom stereocenters. The Kier molecular flexibility index (Phi) is 2.60. The largest absolute Gasteiger partial charge is 0.240 e. The summed E-state index contributed by atoms with van der Waals surface area (Å²) in [6.45, 7) is 0. The van der Waals surface area contributed by atoms with Gasteiger partial charge in [0.15, 0.2) is 0 Å². The van der Waals surface area contributed by atoms with Crippen LogP contribution >= 0.6 is 11.6 Å². The zero-order chi connectivity index (χ0) is 8.97. The minimum Gasteiger partial charge on any atom is -0.211 e. The molecule has 1 aromatic carbocycles. The maximum Gasteiger partial charge on any atom is 0.240 e. The molecule has 0 amide bonds. The third kappa shape index (κ3) is 1.70. The van der Waals surface area contributed by atoms with Gasteiger partial charge in [-0.3, -0.25) is 0 Å². The van der Waals surface area contributed by atoms with E-state index < -0.39 is 0 Å². The Bertz CT molecular complexity index is 389. The van der Waals surface area contributed by atoms with Crippen LogP contribution in [0.4, 0.5) is 5.69 Å². The van der Waals surface area contributed by atoms with Crippen LogP contribution in [-0.2, 0) is 4.79 Å². The molecule has 1 rings (SSSR count). The van der Waals surface area contributed by atoms with Crippen molar-refractivity contribution in [1.82, 2.24) is 0 Å². The third-order valence-electron chi connectivity index (χ3n) is 1.25. The first-order chi connectivity index (χ1) is 5.77. The van der Waals surface area contributed by atoms with Gasteiger partial charge < -0.3 is 0 Å². The first-order valence-electron chi connectivity index (χ1n) is 3.05. The van der Waals surface area contributed by atoms with Crippen molar-refractivity contribution >= 4 is 23.4 Å². The van der Waals surface area contributed by atoms with E-state index in [2.05, 4.69) is 4.99 Å². The van der Waals surface area contributed by atoms with E-state index in [0.29, 0.717) is 11.3 Å². The molecular weight excluding hydrogens is 176 g/mol. The molecule has 0 fully saturated rings. The van der Waals surface area contributed by atoms with Gasteiger partial charge in [0.05, 0.1) is 16.3 Å². The molecule has 0 saturated carbocycles. The lowest BCUT2D eigenvalue weighted by atomic mass is 10.2. The van der Waals surface area contributed by atoms with Crippen molar-refractivity contribution in [1.29, 1.82) is 5.26 Å². The Morgan fingerprint density at radius 1 is 1.50 bits per heavy atom. The number of halogens is 1. The topological polar surface area (TPSA) is 53.2 Å². The van der Waals surface area contributed by atoms with Crippen LogP contribution in [0.2, 0.25) is 5.02 Å². The molecular formula is C8H3ClN2O. The van der Waals surface area contributed by atoms with Crippen molar-refractivity contribution in [3.63, 3.8) is 0 Å². The molecule has 0 saturated heterocycles. The summed E-state index contributed by atoms with van der Waals surface area (Å²) in [6.07, 6.45) is 1.38. The summed E-state index contributed by atoms with van der Waals surface area (Å²) in [6, 6.07) is 6.35. The maximum atomic E-state index is 9.84. The van der Waals surface area contributed by atoms with Crippen LogP contribution in [0.15, 0.2) is 23.2 Å². The predicted octanol–water partition coefficient (Wildman–Crippen LogP) is 2.18. The SMILES string of the molecule is N#Cc1ccc(N=C=O)cc1Cl. The fraction of sp³-hybridized carbons (Fsp3) is 0. The second-order valence-electron chi connectivity index (χ2n) is 1.98. The number of rotatable bonds is 1. The Morgan fingerprint density at radius 3 is 2.75 bits per heavy atom. The van der Waals surface area contributed by atoms with Crippen molar-refractivity contribution in [2.24, 2.45) is 4.99 Å². The molecule has 0 heterocycles. The van der Waals surface area contributed by atoms with Gasteiger partial charge in [0.25, 0.3) is 0 Å². The molecule has 0 unspecified atom stereocenters. The number of nitrogens with zero attached hydrogens (tertiary/aromatic N) is 2. The number of nitriles is 1. The van der Waals surface area contributed by atoms with Crippen LogP contribution in [0, 0.1) is 11.3 Å². The highest BCUT2D eigenvalue weighted by atomic mass is 35.5. The molecule has 0 aliphatic heterocycles. The molecule has 0 radical (unpaired) electrons. The molecule has 1 aromatic rings. The molecule has 0 bridgehead atoms. The lowest BCUT2D eigenvalue weighted by Gasteiger charge is -1.93. The average molecular weight is 179 g/mol. The van der Waals surface area contributed by atoms with Gasteiger partial charge in [0.2, 0.25) is 6.08 Å². The number of benzene rings is 1.